The van der Waals surface area contributed by atoms with Crippen molar-refractivity contribution in [3.8, 4) is 0 Å². The van der Waals surface area contributed by atoms with E-state index in [0.717, 1.165) is 24.9 Å². The molecule has 0 spiro atoms. The minimum atomic E-state index is -3.86. The zero-order valence-corrected chi connectivity index (χ0v) is 21.9. The number of sulfonamides is 1. The first-order chi connectivity index (χ1) is 16.5. The summed E-state index contributed by atoms with van der Waals surface area (Å²) >= 11 is 0. The minimum absolute atomic E-state index is 0.0594. The lowest BCUT2D eigenvalue weighted by Gasteiger charge is -2.38. The van der Waals surface area contributed by atoms with Crippen LogP contribution in [0.3, 0.4) is 0 Å². The van der Waals surface area contributed by atoms with Gasteiger partial charge in [-0.1, -0.05) is 42.5 Å². The van der Waals surface area contributed by atoms with Gasteiger partial charge in [0.2, 0.25) is 5.90 Å². The van der Waals surface area contributed by atoms with Crippen molar-refractivity contribution in [2.24, 2.45) is 4.40 Å². The summed E-state index contributed by atoms with van der Waals surface area (Å²) in [6.45, 7) is 4.37. The number of rotatable bonds is 11. The van der Waals surface area contributed by atoms with Crippen LogP contribution in [0, 0.1) is 5.82 Å². The summed E-state index contributed by atoms with van der Waals surface area (Å²) in [6, 6.07) is 14.4. The number of hydrogen-bond donors (Lipinski definition) is 1. The third kappa shape index (κ3) is 7.35. The fourth-order valence-corrected chi connectivity index (χ4v) is 6.27. The Kier molecular flexibility index (Phi) is 9.07. The van der Waals surface area contributed by atoms with E-state index >= 15 is 0 Å². The summed E-state index contributed by atoms with van der Waals surface area (Å²) in [7, 11) is 0.243. The number of ether oxygens (including phenoxy) is 1. The molecule has 1 aliphatic rings. The molecule has 0 fully saturated rings. The van der Waals surface area contributed by atoms with Crippen molar-refractivity contribution >= 4 is 15.9 Å². The Bertz CT molecular complexity index is 1110. The Morgan fingerprint density at radius 1 is 1.11 bits per heavy atom. The normalized spacial score (nSPS) is 19.7. The van der Waals surface area contributed by atoms with Gasteiger partial charge in [-0.25, -0.2) is 12.8 Å². The summed E-state index contributed by atoms with van der Waals surface area (Å²) < 4.78 is 50.9. The molecule has 0 radical (unpaired) electrons. The molecule has 2 aromatic rings. The highest BCUT2D eigenvalue weighted by molar-refractivity contribution is 7.91. The lowest BCUT2D eigenvalue weighted by Crippen LogP contribution is -2.50. The highest BCUT2D eigenvalue weighted by atomic mass is 32.2. The second kappa shape index (κ2) is 11.6. The maximum Gasteiger partial charge on any atom is 0.263 e. The summed E-state index contributed by atoms with van der Waals surface area (Å²) in [6.07, 6.45) is 2.69. The van der Waals surface area contributed by atoms with E-state index in [1.807, 2.05) is 12.1 Å². The second-order valence-electron chi connectivity index (χ2n) is 10.1. The highest BCUT2D eigenvalue weighted by Gasteiger charge is 2.46. The summed E-state index contributed by atoms with van der Waals surface area (Å²) in [5.41, 5.74) is 1.53. The SMILES string of the molecule is CN(C)CCCc1ccc(CC2C(C)(C)OC(C[C@@H](CCO)c3ccccc3F)=NS2(=O)=O)cc1. The lowest BCUT2D eigenvalue weighted by molar-refractivity contribution is 0.0797. The first kappa shape index (κ1) is 27.3. The molecule has 0 aliphatic carbocycles. The van der Waals surface area contributed by atoms with Crippen molar-refractivity contribution in [1.82, 2.24) is 4.90 Å². The van der Waals surface area contributed by atoms with Gasteiger partial charge in [0.25, 0.3) is 10.0 Å². The molecule has 192 valence electrons. The van der Waals surface area contributed by atoms with Gasteiger partial charge in [0.1, 0.15) is 16.7 Å². The maximum atomic E-state index is 14.4. The van der Waals surface area contributed by atoms with Gasteiger partial charge in [-0.3, -0.25) is 0 Å². The fourth-order valence-electron chi connectivity index (χ4n) is 4.58. The van der Waals surface area contributed by atoms with Crippen molar-refractivity contribution in [1.29, 1.82) is 0 Å². The molecule has 2 atom stereocenters. The van der Waals surface area contributed by atoms with Gasteiger partial charge in [0.15, 0.2) is 0 Å². The number of aryl methyl sites for hydroxylation is 1. The minimum Gasteiger partial charge on any atom is -0.473 e. The van der Waals surface area contributed by atoms with Crippen LogP contribution in [0.15, 0.2) is 52.9 Å². The largest absolute Gasteiger partial charge is 0.473 e. The Hall–Kier alpha value is -2.29. The van der Waals surface area contributed by atoms with Crippen LogP contribution in [0.5, 0.6) is 0 Å². The van der Waals surface area contributed by atoms with Crippen molar-refractivity contribution in [3.05, 3.63) is 71.0 Å². The first-order valence-electron chi connectivity index (χ1n) is 12.1. The summed E-state index contributed by atoms with van der Waals surface area (Å²) in [5, 5.41) is 8.65. The van der Waals surface area contributed by atoms with E-state index in [9.17, 15) is 17.9 Å². The number of halogens is 1. The van der Waals surface area contributed by atoms with Gasteiger partial charge < -0.3 is 14.7 Å². The molecule has 0 saturated carbocycles. The van der Waals surface area contributed by atoms with Gasteiger partial charge in [0.05, 0.1) is 0 Å². The molecule has 1 heterocycles. The Labute approximate surface area is 208 Å². The zero-order chi connectivity index (χ0) is 25.6. The van der Waals surface area contributed by atoms with Crippen LogP contribution in [0.25, 0.3) is 0 Å². The van der Waals surface area contributed by atoms with Crippen molar-refractivity contribution in [2.75, 3.05) is 27.2 Å². The number of hydrogen-bond acceptors (Lipinski definition) is 5. The molecule has 3 rings (SSSR count). The van der Waals surface area contributed by atoms with E-state index in [2.05, 4.69) is 35.5 Å². The van der Waals surface area contributed by atoms with Crippen LogP contribution in [0.4, 0.5) is 4.39 Å². The van der Waals surface area contributed by atoms with Crippen LogP contribution < -0.4 is 0 Å². The third-order valence-electron chi connectivity index (χ3n) is 6.50. The molecular weight excluding hydrogens is 467 g/mol. The molecule has 1 aliphatic heterocycles. The zero-order valence-electron chi connectivity index (χ0n) is 21.1. The number of nitrogens with zero attached hydrogens (tertiary/aromatic N) is 2. The van der Waals surface area contributed by atoms with E-state index in [1.54, 1.807) is 32.0 Å². The van der Waals surface area contributed by atoms with Gasteiger partial charge in [0, 0.05) is 13.0 Å². The lowest BCUT2D eigenvalue weighted by atomic mass is 9.91. The summed E-state index contributed by atoms with van der Waals surface area (Å²) in [5.74, 6) is -0.778. The van der Waals surface area contributed by atoms with Crippen molar-refractivity contribution in [3.63, 3.8) is 0 Å². The first-order valence-corrected chi connectivity index (χ1v) is 13.6. The van der Waals surface area contributed by atoms with E-state index in [1.165, 1.54) is 11.6 Å². The molecular formula is C27H37FN2O4S. The smallest absolute Gasteiger partial charge is 0.263 e. The molecule has 1 unspecified atom stereocenters. The van der Waals surface area contributed by atoms with E-state index in [-0.39, 0.29) is 31.8 Å². The molecule has 0 saturated heterocycles. The Morgan fingerprint density at radius 3 is 2.37 bits per heavy atom. The predicted molar refractivity (Wildman–Crippen MR) is 138 cm³/mol. The Morgan fingerprint density at radius 2 is 1.77 bits per heavy atom. The van der Waals surface area contributed by atoms with Gasteiger partial charge in [-0.05, 0) is 88.8 Å². The van der Waals surface area contributed by atoms with Crippen LogP contribution in [0.2, 0.25) is 0 Å². The molecule has 0 amide bonds. The van der Waals surface area contributed by atoms with Gasteiger partial charge in [-0.15, -0.1) is 4.40 Å². The average molecular weight is 505 g/mol. The van der Waals surface area contributed by atoms with Crippen LogP contribution in [-0.4, -0.2) is 62.4 Å². The van der Waals surface area contributed by atoms with Crippen LogP contribution in [0.1, 0.15) is 55.7 Å². The van der Waals surface area contributed by atoms with Crippen LogP contribution >= 0.6 is 0 Å². The topological polar surface area (TPSA) is 79.2 Å². The quantitative estimate of drug-likeness (QED) is 0.493. The molecule has 0 aromatic heterocycles. The molecule has 1 N–H and O–H groups in total. The maximum absolute atomic E-state index is 14.4. The van der Waals surface area contributed by atoms with E-state index < -0.39 is 32.6 Å². The summed E-state index contributed by atoms with van der Waals surface area (Å²) in [4.78, 5) is 2.15. The highest BCUT2D eigenvalue weighted by Crippen LogP contribution is 2.34. The predicted octanol–water partition coefficient (Wildman–Crippen LogP) is 4.32. The average Bonchev–Trinajstić information content (AvgIpc) is 2.76. The molecule has 35 heavy (non-hydrogen) atoms. The van der Waals surface area contributed by atoms with Crippen molar-refractivity contribution < 1.29 is 22.7 Å². The Balaban J connectivity index is 1.75. The number of benzene rings is 2. The standard InChI is InChI=1S/C27H37FN2O4S/c1-27(2)25(18-21-13-11-20(12-14-21)8-7-16-30(3)4)35(32,33)29-26(34-27)19-22(15-17-31)23-9-5-6-10-24(23)28/h5-6,9-14,22,25,31H,7-8,15-19H2,1-4H3/t22-,25?/m1/s1. The third-order valence-corrected chi connectivity index (χ3v) is 8.41. The van der Waals surface area contributed by atoms with Crippen LogP contribution in [-0.2, 0) is 27.6 Å². The monoisotopic (exact) mass is 504 g/mol. The molecule has 6 nitrogen and oxygen atoms in total. The van der Waals surface area contributed by atoms with Crippen molar-refractivity contribution in [2.45, 2.75) is 62.7 Å². The fraction of sp³-hybridized carbons (Fsp3) is 0.519. The van der Waals surface area contributed by atoms with E-state index in [4.69, 9.17) is 4.74 Å². The number of aliphatic hydroxyl groups excluding tert-OH is 1. The molecule has 8 heteroatoms. The van der Waals surface area contributed by atoms with Gasteiger partial charge >= 0.3 is 0 Å². The molecule has 0 bridgehead atoms. The second-order valence-corrected chi connectivity index (χ2v) is 11.8. The van der Waals surface area contributed by atoms with Gasteiger partial charge in [-0.2, -0.15) is 0 Å². The number of aliphatic hydroxyl groups is 1. The molecule has 2 aromatic carbocycles. The van der Waals surface area contributed by atoms with E-state index in [0.29, 0.717) is 5.56 Å².